The number of thiophene rings is 2. The molecule has 2 atom stereocenters. The van der Waals surface area contributed by atoms with Crippen molar-refractivity contribution in [2.24, 2.45) is 0 Å². The van der Waals surface area contributed by atoms with E-state index in [1.807, 2.05) is 12.1 Å². The van der Waals surface area contributed by atoms with Crippen LogP contribution in [0.4, 0.5) is 11.4 Å². The smallest absolute Gasteiger partial charge is 0.163 e. The molecule has 0 saturated heterocycles. The summed E-state index contributed by atoms with van der Waals surface area (Å²) in [6, 6.07) is 16.6. The number of anilines is 2. The largest absolute Gasteiger partial charge is 0.372 e. The standard InChI is InChI=1S/C22H20N2OS2/c1-13-8-9-20(27-13)22-21-17(23-15-5-2-3-6-16(15)24-22)11-14(12-18(21)25)19-7-4-10-26-19/h2-10,14,22-24H,11-12H2,1H3/t14-,22-/m1/s1. The first-order valence-corrected chi connectivity index (χ1v) is 10.9. The molecule has 2 aliphatic rings. The molecule has 5 rings (SSSR count). The Hall–Kier alpha value is -2.37. The van der Waals surface area contributed by atoms with Crippen LogP contribution < -0.4 is 10.6 Å². The monoisotopic (exact) mass is 392 g/mol. The first-order chi connectivity index (χ1) is 13.2. The fourth-order valence-electron chi connectivity index (χ4n) is 4.04. The van der Waals surface area contributed by atoms with Gasteiger partial charge in [-0.15, -0.1) is 22.7 Å². The van der Waals surface area contributed by atoms with Crippen LogP contribution in [0.5, 0.6) is 0 Å². The second-order valence-corrected chi connectivity index (χ2v) is 9.43. The molecule has 5 heteroatoms. The lowest BCUT2D eigenvalue weighted by Gasteiger charge is -2.28. The normalized spacial score (nSPS) is 21.7. The van der Waals surface area contributed by atoms with Gasteiger partial charge in [0.05, 0.1) is 17.4 Å². The molecule has 3 heterocycles. The van der Waals surface area contributed by atoms with Gasteiger partial charge in [-0.05, 0) is 49.1 Å². The fraction of sp³-hybridized carbons (Fsp3) is 0.227. The van der Waals surface area contributed by atoms with Crippen LogP contribution >= 0.6 is 22.7 Å². The van der Waals surface area contributed by atoms with E-state index in [1.165, 1.54) is 14.6 Å². The molecule has 0 saturated carbocycles. The Morgan fingerprint density at radius 3 is 2.56 bits per heavy atom. The molecule has 2 N–H and O–H groups in total. The second kappa shape index (κ2) is 6.66. The Balaban J connectivity index is 1.62. The molecule has 1 aromatic carbocycles. The minimum Gasteiger partial charge on any atom is -0.372 e. The molecule has 0 amide bonds. The van der Waals surface area contributed by atoms with E-state index >= 15 is 0 Å². The van der Waals surface area contributed by atoms with Gasteiger partial charge < -0.3 is 10.6 Å². The summed E-state index contributed by atoms with van der Waals surface area (Å²) < 4.78 is 0. The molecule has 1 aliphatic heterocycles. The number of nitrogens with one attached hydrogen (secondary N) is 2. The number of carbonyl (C=O) groups is 1. The Morgan fingerprint density at radius 2 is 1.81 bits per heavy atom. The van der Waals surface area contributed by atoms with Crippen molar-refractivity contribution in [1.29, 1.82) is 0 Å². The Morgan fingerprint density at radius 1 is 0.963 bits per heavy atom. The maximum Gasteiger partial charge on any atom is 0.163 e. The summed E-state index contributed by atoms with van der Waals surface area (Å²) >= 11 is 3.51. The van der Waals surface area contributed by atoms with Gasteiger partial charge in [-0.25, -0.2) is 0 Å². The number of fused-ring (bicyclic) bond motifs is 1. The highest BCUT2D eigenvalue weighted by Gasteiger charge is 2.36. The van der Waals surface area contributed by atoms with E-state index in [0.29, 0.717) is 6.42 Å². The van der Waals surface area contributed by atoms with Crippen LogP contribution in [0.15, 0.2) is 65.2 Å². The SMILES string of the molecule is Cc1ccc([C@H]2Nc3ccccc3NC3=C2C(=O)C[C@H](c2cccs2)C3)s1. The summed E-state index contributed by atoms with van der Waals surface area (Å²) in [5, 5.41) is 9.33. The van der Waals surface area contributed by atoms with Crippen LogP contribution in [-0.4, -0.2) is 5.78 Å². The third-order valence-electron chi connectivity index (χ3n) is 5.30. The molecule has 0 fully saturated rings. The highest BCUT2D eigenvalue weighted by atomic mass is 32.1. The third-order valence-corrected chi connectivity index (χ3v) is 7.40. The summed E-state index contributed by atoms with van der Waals surface area (Å²) in [7, 11) is 0. The van der Waals surface area contributed by atoms with E-state index in [4.69, 9.17) is 0 Å². The second-order valence-electron chi connectivity index (χ2n) is 7.13. The molecule has 0 bridgehead atoms. The van der Waals surface area contributed by atoms with Gasteiger partial charge in [0.15, 0.2) is 5.78 Å². The summed E-state index contributed by atoms with van der Waals surface area (Å²) in [5.41, 5.74) is 4.06. The summed E-state index contributed by atoms with van der Waals surface area (Å²) in [6.45, 7) is 2.11. The third kappa shape index (κ3) is 3.01. The van der Waals surface area contributed by atoms with Gasteiger partial charge in [0.2, 0.25) is 0 Å². The lowest BCUT2D eigenvalue weighted by Crippen LogP contribution is -2.26. The zero-order valence-corrected chi connectivity index (χ0v) is 16.6. The van der Waals surface area contributed by atoms with Crippen molar-refractivity contribution in [3.8, 4) is 0 Å². The summed E-state index contributed by atoms with van der Waals surface area (Å²) in [4.78, 5) is 17.1. The molecule has 136 valence electrons. The van der Waals surface area contributed by atoms with Crippen LogP contribution in [0.1, 0.15) is 39.4 Å². The van der Waals surface area contributed by atoms with Crippen LogP contribution in [0.3, 0.4) is 0 Å². The Labute approximate surface area is 166 Å². The van der Waals surface area contributed by atoms with E-state index < -0.39 is 0 Å². The molecule has 1 aliphatic carbocycles. The van der Waals surface area contributed by atoms with Gasteiger partial charge in [0.1, 0.15) is 0 Å². The number of allylic oxidation sites excluding steroid dienone is 1. The minimum atomic E-state index is -0.0911. The number of hydrogen-bond acceptors (Lipinski definition) is 5. The average Bonchev–Trinajstić information content (AvgIpc) is 3.30. The number of benzene rings is 1. The molecular formula is C22H20N2OS2. The van der Waals surface area contributed by atoms with Crippen molar-refractivity contribution in [3.05, 3.63) is 79.8 Å². The van der Waals surface area contributed by atoms with Crippen LogP contribution in [0.2, 0.25) is 0 Å². The van der Waals surface area contributed by atoms with Crippen molar-refractivity contribution in [2.45, 2.75) is 31.7 Å². The van der Waals surface area contributed by atoms with Crippen molar-refractivity contribution in [1.82, 2.24) is 0 Å². The number of hydrogen-bond donors (Lipinski definition) is 2. The van der Waals surface area contributed by atoms with E-state index in [2.05, 4.69) is 59.3 Å². The molecule has 27 heavy (non-hydrogen) atoms. The zero-order chi connectivity index (χ0) is 18.4. The van der Waals surface area contributed by atoms with Crippen molar-refractivity contribution < 1.29 is 4.79 Å². The average molecular weight is 393 g/mol. The quantitative estimate of drug-likeness (QED) is 0.554. The molecule has 3 aromatic rings. The highest BCUT2D eigenvalue weighted by molar-refractivity contribution is 7.12. The number of rotatable bonds is 2. The van der Waals surface area contributed by atoms with E-state index in [-0.39, 0.29) is 17.7 Å². The molecule has 0 spiro atoms. The fourth-order valence-corrected chi connectivity index (χ4v) is 5.81. The molecule has 3 nitrogen and oxygen atoms in total. The molecule has 0 radical (unpaired) electrons. The van der Waals surface area contributed by atoms with Crippen molar-refractivity contribution in [2.75, 3.05) is 10.6 Å². The van der Waals surface area contributed by atoms with Crippen LogP contribution in [0.25, 0.3) is 0 Å². The zero-order valence-electron chi connectivity index (χ0n) is 15.0. The van der Waals surface area contributed by atoms with Crippen LogP contribution in [-0.2, 0) is 4.79 Å². The first kappa shape index (κ1) is 16.8. The maximum absolute atomic E-state index is 13.3. The minimum absolute atomic E-state index is 0.0911. The summed E-state index contributed by atoms with van der Waals surface area (Å²) in [6.07, 6.45) is 1.46. The van der Waals surface area contributed by atoms with Crippen LogP contribution in [0, 0.1) is 6.92 Å². The lowest BCUT2D eigenvalue weighted by atomic mass is 9.82. The van der Waals surface area contributed by atoms with E-state index in [1.54, 1.807) is 22.7 Å². The molecular weight excluding hydrogens is 372 g/mol. The molecule has 2 aromatic heterocycles. The van der Waals surface area contributed by atoms with Gasteiger partial charge in [0.25, 0.3) is 0 Å². The van der Waals surface area contributed by atoms with Crippen molar-refractivity contribution >= 4 is 39.8 Å². The number of ketones is 1. The number of para-hydroxylation sites is 2. The van der Waals surface area contributed by atoms with Crippen molar-refractivity contribution in [3.63, 3.8) is 0 Å². The first-order valence-electron chi connectivity index (χ1n) is 9.17. The number of carbonyl (C=O) groups excluding carboxylic acids is 1. The van der Waals surface area contributed by atoms with E-state index in [9.17, 15) is 4.79 Å². The van der Waals surface area contributed by atoms with E-state index in [0.717, 1.165) is 29.1 Å². The van der Waals surface area contributed by atoms with Gasteiger partial charge in [-0.1, -0.05) is 18.2 Å². The number of aryl methyl sites for hydroxylation is 1. The van der Waals surface area contributed by atoms with Gasteiger partial charge in [-0.2, -0.15) is 0 Å². The molecule has 0 unspecified atom stereocenters. The summed E-state index contributed by atoms with van der Waals surface area (Å²) in [5.74, 6) is 0.512. The van der Waals surface area contributed by atoms with Gasteiger partial charge >= 0.3 is 0 Å². The maximum atomic E-state index is 13.3. The Bertz CT molecular complexity index is 1030. The Kier molecular flexibility index (Phi) is 4.14. The predicted octanol–water partition coefficient (Wildman–Crippen LogP) is 6.10. The lowest BCUT2D eigenvalue weighted by molar-refractivity contribution is -0.116. The highest BCUT2D eigenvalue weighted by Crippen LogP contribution is 2.45. The number of Topliss-reactive ketones (excluding diaryl/α,β-unsaturated/α-hetero) is 1. The topological polar surface area (TPSA) is 41.1 Å². The predicted molar refractivity (Wildman–Crippen MR) is 114 cm³/mol. The van der Waals surface area contributed by atoms with Gasteiger partial charge in [0, 0.05) is 38.2 Å². The van der Waals surface area contributed by atoms with Gasteiger partial charge in [-0.3, -0.25) is 4.79 Å².